The van der Waals surface area contributed by atoms with Crippen LogP contribution in [0, 0.1) is 5.92 Å². The van der Waals surface area contributed by atoms with E-state index in [0.717, 1.165) is 6.42 Å². The maximum absolute atomic E-state index is 11.8. The summed E-state index contributed by atoms with van der Waals surface area (Å²) in [6.07, 6.45) is 0.804. The van der Waals surface area contributed by atoms with E-state index in [1.54, 1.807) is 19.1 Å². The number of carboxylic acid groups (broad SMARTS) is 1. The number of carbonyl (C=O) groups excluding carboxylic acids is 1. The highest BCUT2D eigenvalue weighted by atomic mass is 16.5. The second-order valence-corrected chi connectivity index (χ2v) is 4.47. The molecule has 0 aromatic carbocycles. The summed E-state index contributed by atoms with van der Waals surface area (Å²) in [5, 5.41) is 11.5. The highest BCUT2D eigenvalue weighted by Gasteiger charge is 2.17. The minimum absolute atomic E-state index is 0.0189. The van der Waals surface area contributed by atoms with E-state index in [-0.39, 0.29) is 24.4 Å². The van der Waals surface area contributed by atoms with Gasteiger partial charge >= 0.3 is 12.0 Å². The first-order valence-corrected chi connectivity index (χ1v) is 6.13. The number of urea groups is 1. The summed E-state index contributed by atoms with van der Waals surface area (Å²) in [7, 11) is 3.28. The molecule has 0 saturated carbocycles. The maximum Gasteiger partial charge on any atom is 0.317 e. The predicted molar refractivity (Wildman–Crippen MR) is 68.5 cm³/mol. The minimum atomic E-state index is -0.836. The molecule has 0 spiro atoms. The number of likely N-dealkylation sites (N-methyl/N-ethyl adjacent to an activating group) is 1. The van der Waals surface area contributed by atoms with E-state index in [2.05, 4.69) is 5.32 Å². The van der Waals surface area contributed by atoms with E-state index in [9.17, 15) is 9.59 Å². The zero-order valence-electron chi connectivity index (χ0n) is 11.6. The molecule has 0 aliphatic heterocycles. The van der Waals surface area contributed by atoms with E-state index in [0.29, 0.717) is 13.2 Å². The van der Waals surface area contributed by atoms with E-state index in [1.165, 1.54) is 0 Å². The molecule has 2 N–H and O–H groups in total. The zero-order chi connectivity index (χ0) is 14.1. The van der Waals surface area contributed by atoms with Gasteiger partial charge in [0.2, 0.25) is 0 Å². The average molecular weight is 260 g/mol. The molecule has 0 fully saturated rings. The van der Waals surface area contributed by atoms with Crippen molar-refractivity contribution in [3.63, 3.8) is 0 Å². The fourth-order valence-corrected chi connectivity index (χ4v) is 1.52. The fraction of sp³-hybridized carbons (Fsp3) is 0.833. The lowest BCUT2D eigenvalue weighted by molar-refractivity contribution is -0.138. The van der Waals surface area contributed by atoms with Gasteiger partial charge < -0.3 is 20.1 Å². The van der Waals surface area contributed by atoms with Crippen molar-refractivity contribution in [1.82, 2.24) is 10.2 Å². The molecule has 2 amide bonds. The molecule has 6 nitrogen and oxygen atoms in total. The Morgan fingerprint density at radius 2 is 2.06 bits per heavy atom. The molecule has 0 rings (SSSR count). The molecule has 18 heavy (non-hydrogen) atoms. The van der Waals surface area contributed by atoms with Crippen molar-refractivity contribution in [3.8, 4) is 0 Å². The molecule has 0 heterocycles. The standard InChI is InChI=1S/C12H24N2O4/c1-5-10(6-11(15)16)7-13-12(17)14(3)9(2)8-18-4/h9-10H,5-8H2,1-4H3,(H,13,17)(H,15,16). The number of aliphatic carboxylic acids is 1. The van der Waals surface area contributed by atoms with Gasteiger partial charge in [-0.25, -0.2) is 4.79 Å². The molecule has 0 saturated heterocycles. The van der Waals surface area contributed by atoms with Crippen LogP contribution in [0.25, 0.3) is 0 Å². The Balaban J connectivity index is 4.10. The largest absolute Gasteiger partial charge is 0.481 e. The number of ether oxygens (including phenoxy) is 1. The van der Waals surface area contributed by atoms with Crippen LogP contribution in [-0.2, 0) is 9.53 Å². The van der Waals surface area contributed by atoms with Crippen LogP contribution in [0.3, 0.4) is 0 Å². The SMILES string of the molecule is CCC(CNC(=O)N(C)C(C)COC)CC(=O)O. The number of rotatable bonds is 8. The van der Waals surface area contributed by atoms with Crippen molar-refractivity contribution < 1.29 is 19.4 Å². The fourth-order valence-electron chi connectivity index (χ4n) is 1.52. The molecule has 6 heteroatoms. The van der Waals surface area contributed by atoms with Gasteiger partial charge in [-0.3, -0.25) is 4.79 Å². The van der Waals surface area contributed by atoms with Gasteiger partial charge in [0.1, 0.15) is 0 Å². The lowest BCUT2D eigenvalue weighted by atomic mass is 10.0. The van der Waals surface area contributed by atoms with Crippen LogP contribution in [0.4, 0.5) is 4.79 Å². The van der Waals surface area contributed by atoms with Crippen LogP contribution in [0.2, 0.25) is 0 Å². The third-order valence-corrected chi connectivity index (χ3v) is 2.97. The van der Waals surface area contributed by atoms with Crippen LogP contribution in [0.5, 0.6) is 0 Å². The van der Waals surface area contributed by atoms with Gasteiger partial charge in [0.05, 0.1) is 12.6 Å². The Bertz CT molecular complexity index is 271. The highest BCUT2D eigenvalue weighted by molar-refractivity contribution is 5.74. The lowest BCUT2D eigenvalue weighted by Gasteiger charge is -2.25. The zero-order valence-corrected chi connectivity index (χ0v) is 11.6. The number of amides is 2. The highest BCUT2D eigenvalue weighted by Crippen LogP contribution is 2.07. The minimum Gasteiger partial charge on any atom is -0.481 e. The topological polar surface area (TPSA) is 78.9 Å². The van der Waals surface area contributed by atoms with Crippen LogP contribution in [-0.4, -0.2) is 55.4 Å². The number of nitrogens with zero attached hydrogens (tertiary/aromatic N) is 1. The van der Waals surface area contributed by atoms with Crippen LogP contribution >= 0.6 is 0 Å². The Morgan fingerprint density at radius 3 is 2.50 bits per heavy atom. The quantitative estimate of drug-likeness (QED) is 0.686. The first-order valence-electron chi connectivity index (χ1n) is 6.13. The average Bonchev–Trinajstić information content (AvgIpc) is 2.32. The normalized spacial score (nSPS) is 13.8. The summed E-state index contributed by atoms with van der Waals surface area (Å²) in [4.78, 5) is 23.9. The van der Waals surface area contributed by atoms with Gasteiger partial charge in [0.15, 0.2) is 0 Å². The van der Waals surface area contributed by atoms with Crippen molar-refractivity contribution in [3.05, 3.63) is 0 Å². The Labute approximate surface area is 108 Å². The van der Waals surface area contributed by atoms with E-state index in [4.69, 9.17) is 9.84 Å². The summed E-state index contributed by atoms with van der Waals surface area (Å²) >= 11 is 0. The molecule has 0 bridgehead atoms. The molecule has 0 aromatic heterocycles. The number of methoxy groups -OCH3 is 1. The van der Waals surface area contributed by atoms with Gasteiger partial charge in [-0.1, -0.05) is 13.3 Å². The summed E-state index contributed by atoms with van der Waals surface area (Å²) < 4.78 is 4.97. The number of hydrogen-bond donors (Lipinski definition) is 2. The Kier molecular flexibility index (Phi) is 8.11. The molecule has 0 aliphatic rings. The van der Waals surface area contributed by atoms with E-state index >= 15 is 0 Å². The van der Waals surface area contributed by atoms with E-state index in [1.807, 2.05) is 13.8 Å². The van der Waals surface area contributed by atoms with Crippen molar-refractivity contribution in [2.24, 2.45) is 5.92 Å². The van der Waals surface area contributed by atoms with Crippen LogP contribution < -0.4 is 5.32 Å². The van der Waals surface area contributed by atoms with Crippen LogP contribution in [0.1, 0.15) is 26.7 Å². The smallest absolute Gasteiger partial charge is 0.317 e. The van der Waals surface area contributed by atoms with E-state index < -0.39 is 5.97 Å². The van der Waals surface area contributed by atoms with Gasteiger partial charge in [-0.2, -0.15) is 0 Å². The summed E-state index contributed by atoms with van der Waals surface area (Å²) in [6, 6.07) is -0.224. The van der Waals surface area contributed by atoms with Crippen molar-refractivity contribution in [2.75, 3.05) is 27.3 Å². The van der Waals surface area contributed by atoms with Gasteiger partial charge in [0.25, 0.3) is 0 Å². The molecule has 0 aromatic rings. The Hall–Kier alpha value is -1.30. The Morgan fingerprint density at radius 1 is 1.44 bits per heavy atom. The van der Waals surface area contributed by atoms with Gasteiger partial charge in [-0.15, -0.1) is 0 Å². The molecule has 2 unspecified atom stereocenters. The van der Waals surface area contributed by atoms with Crippen molar-refractivity contribution >= 4 is 12.0 Å². The molecular formula is C12H24N2O4. The summed E-state index contributed by atoms with van der Waals surface area (Å²) in [5.74, 6) is -0.866. The second-order valence-electron chi connectivity index (χ2n) is 4.47. The molecule has 0 aliphatic carbocycles. The summed E-state index contributed by atoms with van der Waals surface area (Å²) in [6.45, 7) is 4.65. The predicted octanol–water partition coefficient (Wildman–Crippen LogP) is 1.16. The number of hydrogen-bond acceptors (Lipinski definition) is 3. The lowest BCUT2D eigenvalue weighted by Crippen LogP contribution is -2.45. The maximum atomic E-state index is 11.8. The van der Waals surface area contributed by atoms with Crippen LogP contribution in [0.15, 0.2) is 0 Å². The first kappa shape index (κ1) is 16.7. The number of carbonyl (C=O) groups is 2. The number of nitrogens with one attached hydrogen (secondary N) is 1. The second kappa shape index (κ2) is 8.74. The molecule has 0 radical (unpaired) electrons. The van der Waals surface area contributed by atoms with Crippen molar-refractivity contribution in [2.45, 2.75) is 32.7 Å². The summed E-state index contributed by atoms with van der Waals surface area (Å²) in [5.41, 5.74) is 0. The van der Waals surface area contributed by atoms with Gasteiger partial charge in [0, 0.05) is 27.1 Å². The third kappa shape index (κ3) is 6.44. The monoisotopic (exact) mass is 260 g/mol. The van der Waals surface area contributed by atoms with Crippen molar-refractivity contribution in [1.29, 1.82) is 0 Å². The van der Waals surface area contributed by atoms with Gasteiger partial charge in [-0.05, 0) is 12.8 Å². The molecule has 106 valence electrons. The molecular weight excluding hydrogens is 236 g/mol. The first-order chi connectivity index (χ1) is 8.42. The third-order valence-electron chi connectivity index (χ3n) is 2.97. The number of carboxylic acids is 1. The molecule has 2 atom stereocenters.